The summed E-state index contributed by atoms with van der Waals surface area (Å²) < 4.78 is 0. The third-order valence-corrected chi connectivity index (χ3v) is 13.8. The Labute approximate surface area is 431 Å². The Hall–Kier alpha value is -6.72. The highest BCUT2D eigenvalue weighted by molar-refractivity contribution is 6.03. The van der Waals surface area contributed by atoms with Crippen molar-refractivity contribution in [3.05, 3.63) is 254 Å². The SMILES string of the molecule is C/C=C\C(C)=C/C.CC.CC.CC1=C(c2cc(-c3ccc(C)cc3)cc3cccc(C)c23)c2ccccc2CC1.CCc1ccc(C)cc1-c1ccccc1C.Cc1ccc2c(c1)C(C)(C)C1=C2C=C=C1. The quantitative estimate of drug-likeness (QED) is 0.119. The van der Waals surface area contributed by atoms with Crippen molar-refractivity contribution in [2.45, 2.75) is 135 Å². The zero-order chi connectivity index (χ0) is 51.8. The Balaban J connectivity index is 0.000000190. The average molecular weight is 935 g/mol. The maximum absolute atomic E-state index is 3.21. The van der Waals surface area contributed by atoms with E-state index in [9.17, 15) is 0 Å². The molecule has 0 spiro atoms. The van der Waals surface area contributed by atoms with Gasteiger partial charge in [0.1, 0.15) is 0 Å². The Kier molecular flexibility index (Phi) is 20.2. The molecule has 10 rings (SSSR count). The first-order valence-electron chi connectivity index (χ1n) is 26.3. The molecule has 0 aromatic heterocycles. The van der Waals surface area contributed by atoms with Gasteiger partial charge in [-0.15, -0.1) is 5.73 Å². The van der Waals surface area contributed by atoms with Crippen LogP contribution in [-0.2, 0) is 18.3 Å². The van der Waals surface area contributed by atoms with E-state index in [1.807, 2.05) is 47.6 Å². The Morgan fingerprint density at radius 2 is 1.20 bits per heavy atom. The zero-order valence-corrected chi connectivity index (χ0v) is 46.3. The fourth-order valence-electron chi connectivity index (χ4n) is 9.90. The monoisotopic (exact) mass is 935 g/mol. The van der Waals surface area contributed by atoms with Crippen LogP contribution in [0.4, 0.5) is 0 Å². The van der Waals surface area contributed by atoms with E-state index in [0.29, 0.717) is 0 Å². The minimum atomic E-state index is 0.149. The van der Waals surface area contributed by atoms with Crippen molar-refractivity contribution >= 4 is 21.9 Å². The summed E-state index contributed by atoms with van der Waals surface area (Å²) in [6.45, 7) is 34.1. The van der Waals surface area contributed by atoms with Gasteiger partial charge >= 0.3 is 0 Å². The van der Waals surface area contributed by atoms with Crippen LogP contribution in [0.5, 0.6) is 0 Å². The van der Waals surface area contributed by atoms with E-state index < -0.39 is 0 Å². The lowest BCUT2D eigenvalue weighted by atomic mass is 9.80. The van der Waals surface area contributed by atoms with E-state index in [0.717, 1.165) is 19.3 Å². The molecule has 0 saturated carbocycles. The highest BCUT2D eigenvalue weighted by Gasteiger charge is 2.36. The predicted octanol–water partition coefficient (Wildman–Crippen LogP) is 20.8. The summed E-state index contributed by atoms with van der Waals surface area (Å²) >= 11 is 0. The molecular formula is C71H82. The fraction of sp³-hybridized carbons (Fsp3) is 0.282. The van der Waals surface area contributed by atoms with Gasteiger partial charge in [-0.05, 0) is 200 Å². The molecule has 0 bridgehead atoms. The van der Waals surface area contributed by atoms with Gasteiger partial charge in [-0.25, -0.2) is 0 Å². The van der Waals surface area contributed by atoms with Gasteiger partial charge in [-0.1, -0.05) is 222 Å². The molecule has 0 heterocycles. The van der Waals surface area contributed by atoms with E-state index >= 15 is 0 Å². The van der Waals surface area contributed by atoms with Crippen LogP contribution in [0.1, 0.15) is 144 Å². The van der Waals surface area contributed by atoms with Crippen LogP contribution in [0.3, 0.4) is 0 Å². The molecule has 0 nitrogen and oxygen atoms in total. The molecule has 7 aromatic rings. The van der Waals surface area contributed by atoms with E-state index in [-0.39, 0.29) is 5.41 Å². The van der Waals surface area contributed by atoms with Crippen molar-refractivity contribution < 1.29 is 0 Å². The topological polar surface area (TPSA) is 0 Å². The third-order valence-electron chi connectivity index (χ3n) is 13.8. The van der Waals surface area contributed by atoms with Gasteiger partial charge in [0.2, 0.25) is 0 Å². The van der Waals surface area contributed by atoms with Gasteiger partial charge in [0, 0.05) is 5.41 Å². The fourth-order valence-corrected chi connectivity index (χ4v) is 9.90. The van der Waals surface area contributed by atoms with E-state index in [1.54, 1.807) is 0 Å². The van der Waals surface area contributed by atoms with Crippen LogP contribution < -0.4 is 0 Å². The lowest BCUT2D eigenvalue weighted by Gasteiger charge is -2.24. The minimum Gasteiger partial charge on any atom is -0.120 e. The third kappa shape index (κ3) is 13.0. The number of rotatable bonds is 5. The second kappa shape index (κ2) is 25.9. The van der Waals surface area contributed by atoms with Gasteiger partial charge in [0.05, 0.1) is 0 Å². The second-order valence-electron chi connectivity index (χ2n) is 19.2. The van der Waals surface area contributed by atoms with E-state index in [1.165, 1.54) is 122 Å². The van der Waals surface area contributed by atoms with E-state index in [2.05, 4.69) is 239 Å². The summed E-state index contributed by atoms with van der Waals surface area (Å²) in [6.07, 6.45) is 13.8. The summed E-state index contributed by atoms with van der Waals surface area (Å²) in [6, 6.07) is 51.4. The van der Waals surface area contributed by atoms with Crippen LogP contribution in [0.2, 0.25) is 0 Å². The average Bonchev–Trinajstić information content (AvgIpc) is 3.97. The van der Waals surface area contributed by atoms with Gasteiger partial charge in [-0.2, -0.15) is 0 Å². The smallest absolute Gasteiger partial charge is 0.0165 e. The number of hydrogen-bond acceptors (Lipinski definition) is 0. The first-order valence-corrected chi connectivity index (χ1v) is 26.3. The Morgan fingerprint density at radius 1 is 0.563 bits per heavy atom. The Bertz CT molecular complexity index is 3120. The van der Waals surface area contributed by atoms with Crippen LogP contribution in [0.25, 0.3) is 44.2 Å². The van der Waals surface area contributed by atoms with Crippen molar-refractivity contribution in [2.24, 2.45) is 0 Å². The normalized spacial score (nSPS) is 13.5. The van der Waals surface area contributed by atoms with Crippen molar-refractivity contribution in [1.29, 1.82) is 0 Å². The van der Waals surface area contributed by atoms with Crippen molar-refractivity contribution in [3.63, 3.8) is 0 Å². The summed E-state index contributed by atoms with van der Waals surface area (Å²) in [7, 11) is 0. The minimum absolute atomic E-state index is 0.149. The largest absolute Gasteiger partial charge is 0.120 e. The molecule has 0 aliphatic heterocycles. The maximum atomic E-state index is 3.21. The zero-order valence-electron chi connectivity index (χ0n) is 46.3. The lowest BCUT2D eigenvalue weighted by Crippen LogP contribution is -2.15. The van der Waals surface area contributed by atoms with Gasteiger partial charge in [-0.3, -0.25) is 0 Å². The van der Waals surface area contributed by atoms with Gasteiger partial charge in [0.15, 0.2) is 0 Å². The Morgan fingerprint density at radius 3 is 1.86 bits per heavy atom. The lowest BCUT2D eigenvalue weighted by molar-refractivity contribution is 0.654. The first kappa shape index (κ1) is 55.2. The standard InChI is InChI=1S/C29H26.C16H18.C15H14.C7H12.2C2H6/c1-19-11-14-22(15-12-19)25-17-24-9-6-7-20(2)28(24)27(18-25)29-21(3)13-16-23-8-4-5-10-26(23)29;1-4-14-10-9-12(2)11-16(14)15-8-6-5-7-13(15)3;1-10-7-8-12-11-5-4-6-13(11)15(2,3)14(12)9-10;1-4-6-7(3)5-2;2*1-2/h4-12,14-15,17-18H,13,16H2,1-3H3;5-11H,4H2,1-3H3;5-9H,1-3H3;4-6H,1-3H3;2*1-2H3/b;;;6-4-,7-5-;;. The molecule has 0 saturated heterocycles. The molecule has 0 amide bonds. The first-order chi connectivity index (χ1) is 34.2. The summed E-state index contributed by atoms with van der Waals surface area (Å²) in [5, 5.41) is 2.70. The van der Waals surface area contributed by atoms with Crippen LogP contribution in [-0.4, -0.2) is 0 Å². The summed E-state index contributed by atoms with van der Waals surface area (Å²) in [5.41, 5.74) is 30.9. The highest BCUT2D eigenvalue weighted by Crippen LogP contribution is 2.49. The maximum Gasteiger partial charge on any atom is 0.0165 e. The molecule has 0 radical (unpaired) electrons. The van der Waals surface area contributed by atoms with Crippen molar-refractivity contribution in [3.8, 4) is 22.3 Å². The molecular weight excluding hydrogens is 853 g/mol. The van der Waals surface area contributed by atoms with Crippen molar-refractivity contribution in [1.82, 2.24) is 0 Å². The van der Waals surface area contributed by atoms with Gasteiger partial charge in [0.25, 0.3) is 0 Å². The number of hydrogen-bond donors (Lipinski definition) is 0. The van der Waals surface area contributed by atoms with Crippen molar-refractivity contribution in [2.75, 3.05) is 0 Å². The second-order valence-corrected chi connectivity index (χ2v) is 19.2. The predicted molar refractivity (Wildman–Crippen MR) is 317 cm³/mol. The molecule has 0 N–H and O–H groups in total. The van der Waals surface area contributed by atoms with E-state index in [4.69, 9.17) is 0 Å². The molecule has 71 heavy (non-hydrogen) atoms. The molecule has 0 atom stereocenters. The number of benzene rings is 7. The molecule has 0 unspecified atom stereocenters. The van der Waals surface area contributed by atoms with Crippen LogP contribution in [0.15, 0.2) is 192 Å². The molecule has 0 fully saturated rings. The molecule has 366 valence electrons. The number of allylic oxidation sites excluding steroid dienone is 8. The van der Waals surface area contributed by atoms with Crippen LogP contribution in [0, 0.1) is 34.6 Å². The molecule has 0 heteroatoms. The van der Waals surface area contributed by atoms with Gasteiger partial charge < -0.3 is 0 Å². The number of aryl methyl sites for hydroxylation is 7. The summed E-state index contributed by atoms with van der Waals surface area (Å²) in [5.74, 6) is 0. The molecule has 3 aliphatic rings. The number of fused-ring (bicyclic) bond motifs is 4. The molecule has 7 aromatic carbocycles. The van der Waals surface area contributed by atoms with Crippen LogP contribution >= 0.6 is 0 Å². The molecule has 3 aliphatic carbocycles. The highest BCUT2D eigenvalue weighted by atomic mass is 14.4. The summed E-state index contributed by atoms with van der Waals surface area (Å²) in [4.78, 5) is 0.